The van der Waals surface area contributed by atoms with E-state index in [2.05, 4.69) is 26.2 Å². The van der Waals surface area contributed by atoms with Gasteiger partial charge in [0.1, 0.15) is 5.54 Å². The van der Waals surface area contributed by atoms with Gasteiger partial charge in [0.15, 0.2) is 0 Å². The largest absolute Gasteiger partial charge is 0.354 e. The lowest BCUT2D eigenvalue weighted by Gasteiger charge is -2.36. The van der Waals surface area contributed by atoms with Gasteiger partial charge in [0.25, 0.3) is 0 Å². The molecule has 0 aromatic carbocycles. The highest BCUT2D eigenvalue weighted by Gasteiger charge is 2.40. The fourth-order valence-electron chi connectivity index (χ4n) is 3.16. The molecule has 1 aromatic heterocycles. The molecular weight excluding hydrogens is 328 g/mol. The molecule has 3 rings (SSSR count). The first-order valence-corrected chi connectivity index (χ1v) is 9.63. The van der Waals surface area contributed by atoms with E-state index in [0.29, 0.717) is 30.6 Å². The maximum Gasteiger partial charge on any atom is 0.245 e. The van der Waals surface area contributed by atoms with Crippen LogP contribution in [0.25, 0.3) is 0 Å². The van der Waals surface area contributed by atoms with Crippen LogP contribution in [0.1, 0.15) is 57.9 Å². The number of aromatic nitrogens is 4. The van der Waals surface area contributed by atoms with Crippen LogP contribution >= 0.6 is 11.8 Å². The second-order valence-corrected chi connectivity index (χ2v) is 7.42. The summed E-state index contributed by atoms with van der Waals surface area (Å²) in [4.78, 5) is 24.9. The summed E-state index contributed by atoms with van der Waals surface area (Å²) >= 11 is 1.33. The average molecular weight is 352 g/mol. The van der Waals surface area contributed by atoms with E-state index in [1.807, 2.05) is 6.92 Å². The van der Waals surface area contributed by atoms with Crippen LogP contribution in [-0.4, -0.2) is 49.9 Å². The number of carbonyl (C=O) groups is 2. The highest BCUT2D eigenvalue weighted by Crippen LogP contribution is 2.36. The number of hydrogen-bond donors (Lipinski definition) is 2. The summed E-state index contributed by atoms with van der Waals surface area (Å²) in [6.45, 7) is 2.46. The molecule has 2 aliphatic carbocycles. The molecule has 2 N–H and O–H groups in total. The van der Waals surface area contributed by atoms with E-state index in [0.717, 1.165) is 32.1 Å². The molecule has 0 atom stereocenters. The molecule has 1 heterocycles. The van der Waals surface area contributed by atoms with Gasteiger partial charge in [-0.15, -0.1) is 5.10 Å². The quantitative estimate of drug-likeness (QED) is 0.711. The van der Waals surface area contributed by atoms with E-state index in [1.165, 1.54) is 11.8 Å². The number of nitrogens with zero attached hydrogens (tertiary/aromatic N) is 4. The predicted molar refractivity (Wildman–Crippen MR) is 89.5 cm³/mol. The molecule has 2 aliphatic rings. The van der Waals surface area contributed by atoms with Gasteiger partial charge in [-0.3, -0.25) is 9.59 Å². The minimum Gasteiger partial charge on any atom is -0.354 e. The van der Waals surface area contributed by atoms with Gasteiger partial charge in [-0.25, -0.2) is 4.68 Å². The topological polar surface area (TPSA) is 102 Å². The Balaban J connectivity index is 1.58. The Kier molecular flexibility index (Phi) is 5.37. The van der Waals surface area contributed by atoms with Crippen LogP contribution in [0.5, 0.6) is 0 Å². The minimum atomic E-state index is -0.756. The fourth-order valence-corrected chi connectivity index (χ4v) is 3.90. The molecule has 2 amide bonds. The zero-order valence-electron chi connectivity index (χ0n) is 14.0. The summed E-state index contributed by atoms with van der Waals surface area (Å²) in [6.07, 6.45) is 6.62. The summed E-state index contributed by atoms with van der Waals surface area (Å²) in [5.41, 5.74) is -0.756. The number of amides is 2. The normalized spacial score (nSPS) is 19.7. The molecule has 0 radical (unpaired) electrons. The number of hydrogen-bond acceptors (Lipinski definition) is 6. The summed E-state index contributed by atoms with van der Waals surface area (Å²) in [7, 11) is 0. The van der Waals surface area contributed by atoms with Crippen molar-refractivity contribution in [3.8, 4) is 0 Å². The van der Waals surface area contributed by atoms with Gasteiger partial charge in [0.2, 0.25) is 17.0 Å². The molecule has 1 aromatic rings. The molecule has 8 nitrogen and oxygen atoms in total. The number of nitrogens with one attached hydrogen (secondary N) is 2. The SMILES string of the molecule is CCNC(=O)C1(NC(=O)CSc2nnnn2C2CC2)CCCCC1. The lowest BCUT2D eigenvalue weighted by atomic mass is 9.80. The number of carbonyl (C=O) groups excluding carboxylic acids is 2. The van der Waals surface area contributed by atoms with Crippen molar-refractivity contribution < 1.29 is 9.59 Å². The molecule has 9 heteroatoms. The third-order valence-corrected chi connectivity index (χ3v) is 5.48. The van der Waals surface area contributed by atoms with Gasteiger partial charge >= 0.3 is 0 Å². The molecule has 2 fully saturated rings. The first-order chi connectivity index (χ1) is 11.6. The molecule has 0 aliphatic heterocycles. The average Bonchev–Trinajstić information content (AvgIpc) is 3.32. The predicted octanol–water partition coefficient (Wildman–Crippen LogP) is 1.06. The molecule has 2 saturated carbocycles. The van der Waals surface area contributed by atoms with E-state index in [-0.39, 0.29) is 17.6 Å². The van der Waals surface area contributed by atoms with Crippen molar-refractivity contribution >= 4 is 23.6 Å². The molecule has 24 heavy (non-hydrogen) atoms. The molecule has 0 spiro atoms. The number of rotatable bonds is 7. The van der Waals surface area contributed by atoms with Gasteiger partial charge in [0.05, 0.1) is 11.8 Å². The minimum absolute atomic E-state index is 0.0640. The maximum atomic E-state index is 12.5. The molecule has 0 saturated heterocycles. The van der Waals surface area contributed by atoms with Gasteiger partial charge in [-0.1, -0.05) is 31.0 Å². The molecular formula is C15H24N6O2S. The van der Waals surface area contributed by atoms with Crippen LogP contribution in [0.3, 0.4) is 0 Å². The van der Waals surface area contributed by atoms with Crippen LogP contribution < -0.4 is 10.6 Å². The van der Waals surface area contributed by atoms with Gasteiger partial charge in [0, 0.05) is 6.54 Å². The second-order valence-electron chi connectivity index (χ2n) is 6.48. The monoisotopic (exact) mass is 352 g/mol. The van der Waals surface area contributed by atoms with Crippen LogP contribution in [0.15, 0.2) is 5.16 Å². The standard InChI is InChI=1S/C15H24N6O2S/c1-2-16-13(23)15(8-4-3-5-9-15)17-12(22)10-24-14-18-19-20-21(14)11-6-7-11/h11H,2-10H2,1H3,(H,16,23)(H,17,22). The van der Waals surface area contributed by atoms with Gasteiger partial charge in [-0.05, 0) is 43.0 Å². The van der Waals surface area contributed by atoms with E-state index >= 15 is 0 Å². The van der Waals surface area contributed by atoms with Crippen molar-refractivity contribution in [2.24, 2.45) is 0 Å². The zero-order valence-corrected chi connectivity index (χ0v) is 14.8. The van der Waals surface area contributed by atoms with Crippen LogP contribution in [0, 0.1) is 0 Å². The van der Waals surface area contributed by atoms with Crippen molar-refractivity contribution in [3.63, 3.8) is 0 Å². The van der Waals surface area contributed by atoms with Gasteiger partial charge < -0.3 is 10.6 Å². The van der Waals surface area contributed by atoms with Crippen molar-refractivity contribution in [1.82, 2.24) is 30.8 Å². The second kappa shape index (κ2) is 7.50. The summed E-state index contributed by atoms with van der Waals surface area (Å²) in [5, 5.41) is 18.2. The lowest BCUT2D eigenvalue weighted by Crippen LogP contribution is -2.60. The number of thioether (sulfide) groups is 1. The Bertz CT molecular complexity index is 595. The Labute approximate surface area is 145 Å². The lowest BCUT2D eigenvalue weighted by molar-refractivity contribution is -0.134. The Hall–Kier alpha value is -1.64. The molecule has 0 unspecified atom stereocenters. The summed E-state index contributed by atoms with van der Waals surface area (Å²) in [6, 6.07) is 0.380. The molecule has 132 valence electrons. The zero-order chi connectivity index (χ0) is 17.0. The number of likely N-dealkylation sites (N-methyl/N-ethyl adjacent to an activating group) is 1. The Morgan fingerprint density at radius 3 is 2.71 bits per heavy atom. The maximum absolute atomic E-state index is 12.5. The van der Waals surface area contributed by atoms with Crippen molar-refractivity contribution in [2.45, 2.75) is 68.6 Å². The van der Waals surface area contributed by atoms with E-state index in [9.17, 15) is 9.59 Å². The highest BCUT2D eigenvalue weighted by molar-refractivity contribution is 7.99. The summed E-state index contributed by atoms with van der Waals surface area (Å²) < 4.78 is 1.79. The van der Waals surface area contributed by atoms with Crippen molar-refractivity contribution in [2.75, 3.05) is 12.3 Å². The van der Waals surface area contributed by atoms with E-state index in [1.54, 1.807) is 4.68 Å². The van der Waals surface area contributed by atoms with Crippen LogP contribution in [0.4, 0.5) is 0 Å². The Morgan fingerprint density at radius 1 is 1.29 bits per heavy atom. The third-order valence-electron chi connectivity index (χ3n) is 4.55. The molecule has 0 bridgehead atoms. The van der Waals surface area contributed by atoms with Crippen LogP contribution in [0.2, 0.25) is 0 Å². The first-order valence-electron chi connectivity index (χ1n) is 8.64. The smallest absolute Gasteiger partial charge is 0.245 e. The van der Waals surface area contributed by atoms with E-state index in [4.69, 9.17) is 0 Å². The van der Waals surface area contributed by atoms with E-state index < -0.39 is 5.54 Å². The fraction of sp³-hybridized carbons (Fsp3) is 0.800. The van der Waals surface area contributed by atoms with Crippen molar-refractivity contribution in [1.29, 1.82) is 0 Å². The highest BCUT2D eigenvalue weighted by atomic mass is 32.2. The Morgan fingerprint density at radius 2 is 2.04 bits per heavy atom. The third kappa shape index (κ3) is 3.88. The number of tetrazole rings is 1. The van der Waals surface area contributed by atoms with Crippen LogP contribution in [-0.2, 0) is 9.59 Å². The van der Waals surface area contributed by atoms with Gasteiger partial charge in [-0.2, -0.15) is 0 Å². The summed E-state index contributed by atoms with van der Waals surface area (Å²) in [5.74, 6) is 0.0122. The first kappa shape index (κ1) is 17.2. The van der Waals surface area contributed by atoms with Crippen molar-refractivity contribution in [3.05, 3.63) is 0 Å².